The molecule has 11 aromatic carbocycles. The van der Waals surface area contributed by atoms with E-state index in [-0.39, 0.29) is 10.8 Å². The van der Waals surface area contributed by atoms with Gasteiger partial charge in [0.05, 0.1) is 55.8 Å². The van der Waals surface area contributed by atoms with E-state index in [1.54, 1.807) is 0 Å². The summed E-state index contributed by atoms with van der Waals surface area (Å²) in [5.74, 6) is 1.30. The first-order chi connectivity index (χ1) is 43.9. The van der Waals surface area contributed by atoms with Crippen LogP contribution in [0, 0.1) is 0 Å². The number of benzene rings is 11. The zero-order valence-corrected chi connectivity index (χ0v) is 53.0. The fraction of sp³-hybridized carbons (Fsp3) is 0.233. The van der Waals surface area contributed by atoms with Crippen molar-refractivity contribution in [1.29, 1.82) is 0 Å². The SMILES string of the molecule is CC(C)(C)c1ccc(N(c2ccccc2)c2ccc3c4cc5c(cc4n4c6ccccc6c2c34)c2ccc(N(c3ccccc3)c3ccc(C(C)(C)C)cc3-c3ccc(C4CCCCC4)cc3)c3c4ccccc4n5c23)c(-c2ccc(C3CCCCC3)cc2)c1. The average Bonchev–Trinajstić information content (AvgIpc) is 1.52. The van der Waals surface area contributed by atoms with Crippen LogP contribution in [0.1, 0.15) is 140 Å². The number of para-hydroxylation sites is 4. The van der Waals surface area contributed by atoms with Crippen LogP contribution in [0.25, 0.3) is 98.4 Å². The van der Waals surface area contributed by atoms with Gasteiger partial charge in [-0.1, -0.05) is 226 Å². The fourth-order valence-corrected chi connectivity index (χ4v) is 16.4. The molecule has 2 fully saturated rings. The Morgan fingerprint density at radius 2 is 0.678 bits per heavy atom. The molecular formula is C86H78N4. The lowest BCUT2D eigenvalue weighted by molar-refractivity contribution is 0.443. The second-order valence-electron chi connectivity index (χ2n) is 28.5. The number of nitrogens with zero attached hydrogens (tertiary/aromatic N) is 4. The van der Waals surface area contributed by atoms with Crippen LogP contribution in [0.15, 0.2) is 231 Å². The summed E-state index contributed by atoms with van der Waals surface area (Å²) in [4.78, 5) is 5.11. The maximum Gasteiger partial charge on any atom is 0.0641 e. The van der Waals surface area contributed by atoms with Crippen LogP contribution in [0.5, 0.6) is 0 Å². The number of hydrogen-bond acceptors (Lipinski definition) is 2. The van der Waals surface area contributed by atoms with Crippen molar-refractivity contribution in [3.8, 4) is 22.3 Å². The summed E-state index contributed by atoms with van der Waals surface area (Å²) in [6, 6.07) is 89.1. The van der Waals surface area contributed by atoms with Gasteiger partial charge in [-0.25, -0.2) is 0 Å². The third-order valence-electron chi connectivity index (χ3n) is 21.1. The van der Waals surface area contributed by atoms with Gasteiger partial charge < -0.3 is 18.6 Å². The molecule has 90 heavy (non-hydrogen) atoms. The molecule has 0 spiro atoms. The Balaban J connectivity index is 0.877. The highest BCUT2D eigenvalue weighted by molar-refractivity contribution is 6.32. The van der Waals surface area contributed by atoms with Crippen LogP contribution in [0.2, 0.25) is 0 Å². The first-order valence-electron chi connectivity index (χ1n) is 33.5. The molecule has 4 heterocycles. The molecule has 4 aromatic heterocycles. The predicted molar refractivity (Wildman–Crippen MR) is 385 cm³/mol. The minimum Gasteiger partial charge on any atom is -0.309 e. The average molecular weight is 1170 g/mol. The Hall–Kier alpha value is -9.38. The van der Waals surface area contributed by atoms with Gasteiger partial charge in [-0.2, -0.15) is 0 Å². The summed E-state index contributed by atoms with van der Waals surface area (Å²) in [6.07, 6.45) is 13.2. The van der Waals surface area contributed by atoms with Crippen molar-refractivity contribution in [2.45, 2.75) is 128 Å². The van der Waals surface area contributed by atoms with Gasteiger partial charge in [0, 0.05) is 65.6 Å². The van der Waals surface area contributed by atoms with Crippen LogP contribution in [0.3, 0.4) is 0 Å². The Bertz CT molecular complexity index is 4860. The maximum absolute atomic E-state index is 2.59. The van der Waals surface area contributed by atoms with Gasteiger partial charge in [0.25, 0.3) is 0 Å². The van der Waals surface area contributed by atoms with Crippen LogP contribution >= 0.6 is 0 Å². The quantitative estimate of drug-likeness (QED) is 0.136. The van der Waals surface area contributed by atoms with E-state index in [0.29, 0.717) is 11.8 Å². The second-order valence-corrected chi connectivity index (χ2v) is 28.5. The van der Waals surface area contributed by atoms with Gasteiger partial charge in [-0.3, -0.25) is 0 Å². The smallest absolute Gasteiger partial charge is 0.0641 e. The molecule has 0 bridgehead atoms. The molecule has 0 unspecified atom stereocenters. The van der Waals surface area contributed by atoms with Gasteiger partial charge >= 0.3 is 0 Å². The molecule has 0 radical (unpaired) electrons. The normalized spacial score (nSPS) is 14.9. The zero-order chi connectivity index (χ0) is 60.6. The van der Waals surface area contributed by atoms with Crippen LogP contribution < -0.4 is 9.80 Å². The van der Waals surface area contributed by atoms with Crippen molar-refractivity contribution in [2.24, 2.45) is 0 Å². The molecule has 17 rings (SSSR count). The molecule has 0 aliphatic heterocycles. The van der Waals surface area contributed by atoms with Crippen LogP contribution in [0.4, 0.5) is 34.1 Å². The third kappa shape index (κ3) is 8.75. The molecule has 2 aliphatic rings. The predicted octanol–water partition coefficient (Wildman–Crippen LogP) is 25.0. The summed E-state index contributed by atoms with van der Waals surface area (Å²) in [6.45, 7) is 14.0. The minimum atomic E-state index is -0.0335. The monoisotopic (exact) mass is 1170 g/mol. The number of anilines is 6. The number of hydrogen-bond donors (Lipinski definition) is 0. The highest BCUT2D eigenvalue weighted by atomic mass is 15.2. The van der Waals surface area contributed by atoms with Gasteiger partial charge in [0.15, 0.2) is 0 Å². The number of aromatic nitrogens is 2. The molecule has 0 atom stereocenters. The Morgan fingerprint density at radius 3 is 1.07 bits per heavy atom. The molecule has 2 aliphatic carbocycles. The van der Waals surface area contributed by atoms with Crippen molar-refractivity contribution in [2.75, 3.05) is 9.80 Å². The summed E-state index contributed by atoms with van der Waals surface area (Å²) < 4.78 is 5.18. The third-order valence-corrected chi connectivity index (χ3v) is 21.1. The van der Waals surface area contributed by atoms with Gasteiger partial charge in [-0.15, -0.1) is 0 Å². The molecule has 442 valence electrons. The summed E-state index contributed by atoms with van der Waals surface area (Å²) in [7, 11) is 0. The van der Waals surface area contributed by atoms with E-state index in [4.69, 9.17) is 0 Å². The van der Waals surface area contributed by atoms with E-state index in [9.17, 15) is 0 Å². The Kier molecular flexibility index (Phi) is 12.9. The molecule has 0 amide bonds. The van der Waals surface area contributed by atoms with E-state index in [1.807, 2.05) is 0 Å². The summed E-state index contributed by atoms with van der Waals surface area (Å²) in [5, 5.41) is 10.1. The lowest BCUT2D eigenvalue weighted by Crippen LogP contribution is -2.15. The molecule has 4 nitrogen and oxygen atoms in total. The zero-order valence-electron chi connectivity index (χ0n) is 53.0. The highest BCUT2D eigenvalue weighted by Crippen LogP contribution is 2.54. The number of fused-ring (bicyclic) bond motifs is 12. The van der Waals surface area contributed by atoms with Crippen molar-refractivity contribution < 1.29 is 0 Å². The van der Waals surface area contributed by atoms with Crippen molar-refractivity contribution in [1.82, 2.24) is 8.80 Å². The molecule has 4 heteroatoms. The topological polar surface area (TPSA) is 15.3 Å². The molecular weight excluding hydrogens is 1090 g/mol. The summed E-state index contributed by atoms with van der Waals surface area (Å²) >= 11 is 0. The lowest BCUT2D eigenvalue weighted by Gasteiger charge is -2.30. The van der Waals surface area contributed by atoms with Crippen LogP contribution in [-0.4, -0.2) is 8.80 Å². The standard InChI is InChI=1S/C86H78N4/c1-85(2,3)61-43-47-75(69(51-61)59-39-35-57(36-40-59)55-23-11-7-12-24-55)87(63-27-15-9-16-28-63)77-49-45-65-71-53-80-72(54-79(71)89-73-33-21-19-31-67(73)81(77)83(65)89)66-46-50-78(82-68-32-20-22-34-74(68)90(80)84(66)82)88(64-29-17-10-18-30-64)76-48-44-62(86(4,5)6)52-70(76)60-41-37-58(38-42-60)56-25-13-8-14-26-56/h9-10,15-22,27-56H,7-8,11-14,23-26H2,1-6H3. The summed E-state index contributed by atoms with van der Waals surface area (Å²) in [5.41, 5.74) is 24.9. The number of rotatable bonds is 10. The molecule has 0 N–H and O–H groups in total. The van der Waals surface area contributed by atoms with E-state index < -0.39 is 0 Å². The molecule has 0 saturated heterocycles. The Labute approximate surface area is 529 Å². The van der Waals surface area contributed by atoms with Crippen molar-refractivity contribution >= 4 is 110 Å². The minimum absolute atomic E-state index is 0.0335. The van der Waals surface area contributed by atoms with Crippen molar-refractivity contribution in [3.63, 3.8) is 0 Å². The fourth-order valence-electron chi connectivity index (χ4n) is 16.4. The van der Waals surface area contributed by atoms with Crippen molar-refractivity contribution in [3.05, 3.63) is 253 Å². The second kappa shape index (κ2) is 21.1. The van der Waals surface area contributed by atoms with E-state index in [0.717, 1.165) is 11.4 Å². The first kappa shape index (κ1) is 54.7. The Morgan fingerprint density at radius 1 is 0.311 bits per heavy atom. The highest BCUT2D eigenvalue weighted by Gasteiger charge is 2.31. The van der Waals surface area contributed by atoms with Gasteiger partial charge in [0.1, 0.15) is 0 Å². The van der Waals surface area contributed by atoms with Crippen LogP contribution in [-0.2, 0) is 10.8 Å². The van der Waals surface area contributed by atoms with Gasteiger partial charge in [0.2, 0.25) is 0 Å². The maximum atomic E-state index is 2.59. The van der Waals surface area contributed by atoms with E-state index in [2.05, 4.69) is 291 Å². The first-order valence-corrected chi connectivity index (χ1v) is 33.5. The van der Waals surface area contributed by atoms with E-state index in [1.165, 1.54) is 208 Å². The lowest BCUT2D eigenvalue weighted by atomic mass is 9.82. The van der Waals surface area contributed by atoms with E-state index >= 15 is 0 Å². The molecule has 2 saturated carbocycles. The largest absolute Gasteiger partial charge is 0.309 e. The molecule has 15 aromatic rings. The van der Waals surface area contributed by atoms with Gasteiger partial charge in [-0.05, 0) is 167 Å².